The molecule has 0 radical (unpaired) electrons. The van der Waals surface area contributed by atoms with E-state index in [-0.39, 0.29) is 11.9 Å². The zero-order chi connectivity index (χ0) is 18.5. The van der Waals surface area contributed by atoms with Crippen molar-refractivity contribution in [2.45, 2.75) is 70.8 Å². The third kappa shape index (κ3) is 8.66. The van der Waals surface area contributed by atoms with Crippen LogP contribution in [-0.2, 0) is 4.79 Å². The van der Waals surface area contributed by atoms with Gasteiger partial charge in [-0.3, -0.25) is 4.79 Å². The van der Waals surface area contributed by atoms with Crippen molar-refractivity contribution in [1.29, 1.82) is 0 Å². The third-order valence-corrected chi connectivity index (χ3v) is 5.08. The molecule has 0 aliphatic carbocycles. The third-order valence-electron chi connectivity index (χ3n) is 5.08. The molecule has 1 atom stereocenters. The van der Waals surface area contributed by atoms with Crippen molar-refractivity contribution in [1.82, 2.24) is 10.2 Å². The minimum absolute atomic E-state index is 0.219. The van der Waals surface area contributed by atoms with E-state index in [4.69, 9.17) is 0 Å². The average molecular weight is 357 g/mol. The van der Waals surface area contributed by atoms with Gasteiger partial charge in [0.25, 0.3) is 0 Å². The van der Waals surface area contributed by atoms with E-state index in [0.717, 1.165) is 19.4 Å². The highest BCUT2D eigenvalue weighted by Gasteiger charge is 2.18. The topological polar surface area (TPSA) is 32.3 Å². The number of carbonyl (C=O) groups excluding carboxylic acids is 1. The Bertz CT molecular complexity index is 520. The van der Waals surface area contributed by atoms with Crippen molar-refractivity contribution in [2.75, 3.05) is 19.6 Å². The van der Waals surface area contributed by atoms with E-state index in [0.29, 0.717) is 6.42 Å². The first-order valence-electron chi connectivity index (χ1n) is 10.5. The molecule has 0 saturated carbocycles. The van der Waals surface area contributed by atoms with Gasteiger partial charge in [-0.1, -0.05) is 75.1 Å². The molecule has 26 heavy (non-hydrogen) atoms. The van der Waals surface area contributed by atoms with Gasteiger partial charge >= 0.3 is 0 Å². The standard InChI is InChI=1S/C23H36N2O/c1-2-3-4-5-9-17-23(26)24-22(20-25-18-10-11-19-25)16-12-15-21-13-7-6-8-14-21/h6-8,12-15,22H,2-5,9-11,16-20H2,1H3,(H,24,26)/b15-12+. The van der Waals surface area contributed by atoms with Gasteiger partial charge in [-0.2, -0.15) is 0 Å². The molecule has 1 unspecified atom stereocenters. The highest BCUT2D eigenvalue weighted by Crippen LogP contribution is 2.11. The fourth-order valence-electron chi connectivity index (χ4n) is 3.58. The highest BCUT2D eigenvalue weighted by atomic mass is 16.1. The summed E-state index contributed by atoms with van der Waals surface area (Å²) in [6, 6.07) is 10.6. The maximum atomic E-state index is 12.3. The second-order valence-corrected chi connectivity index (χ2v) is 7.49. The van der Waals surface area contributed by atoms with Gasteiger partial charge in [-0.15, -0.1) is 0 Å². The molecule has 0 bridgehead atoms. The van der Waals surface area contributed by atoms with Crippen LogP contribution in [0.5, 0.6) is 0 Å². The molecule has 2 rings (SSSR count). The van der Waals surface area contributed by atoms with Crippen molar-refractivity contribution in [3.63, 3.8) is 0 Å². The molecule has 3 nitrogen and oxygen atoms in total. The molecule has 1 heterocycles. The largest absolute Gasteiger partial charge is 0.352 e. The van der Waals surface area contributed by atoms with E-state index in [9.17, 15) is 4.79 Å². The second-order valence-electron chi connectivity index (χ2n) is 7.49. The van der Waals surface area contributed by atoms with Gasteiger partial charge < -0.3 is 10.2 Å². The van der Waals surface area contributed by atoms with Gasteiger partial charge in [-0.25, -0.2) is 0 Å². The Hall–Kier alpha value is -1.61. The van der Waals surface area contributed by atoms with Crippen LogP contribution in [0.4, 0.5) is 0 Å². The lowest BCUT2D eigenvalue weighted by Gasteiger charge is -2.23. The van der Waals surface area contributed by atoms with Crippen LogP contribution in [0, 0.1) is 0 Å². The van der Waals surface area contributed by atoms with E-state index >= 15 is 0 Å². The lowest BCUT2D eigenvalue weighted by Crippen LogP contribution is -2.42. The molecule has 0 spiro atoms. The summed E-state index contributed by atoms with van der Waals surface area (Å²) in [7, 11) is 0. The van der Waals surface area contributed by atoms with Crippen molar-refractivity contribution in [3.8, 4) is 0 Å². The van der Waals surface area contributed by atoms with E-state index < -0.39 is 0 Å². The first-order valence-corrected chi connectivity index (χ1v) is 10.5. The van der Waals surface area contributed by atoms with Crippen LogP contribution in [-0.4, -0.2) is 36.5 Å². The number of benzene rings is 1. The molecular formula is C23H36N2O. The average Bonchev–Trinajstić information content (AvgIpc) is 3.15. The summed E-state index contributed by atoms with van der Waals surface area (Å²) in [4.78, 5) is 14.8. The summed E-state index contributed by atoms with van der Waals surface area (Å²) in [5, 5.41) is 3.29. The van der Waals surface area contributed by atoms with E-state index in [1.54, 1.807) is 0 Å². The van der Waals surface area contributed by atoms with E-state index in [1.165, 1.54) is 57.2 Å². The van der Waals surface area contributed by atoms with E-state index in [1.807, 2.05) is 6.07 Å². The predicted molar refractivity (Wildman–Crippen MR) is 111 cm³/mol. The molecule has 1 aromatic rings. The lowest BCUT2D eigenvalue weighted by atomic mass is 10.1. The molecule has 144 valence electrons. The number of nitrogens with zero attached hydrogens (tertiary/aromatic N) is 1. The molecule has 1 aromatic carbocycles. The monoisotopic (exact) mass is 356 g/mol. The Morgan fingerprint density at radius 1 is 1.12 bits per heavy atom. The quantitative estimate of drug-likeness (QED) is 0.533. The number of hydrogen-bond acceptors (Lipinski definition) is 2. The zero-order valence-corrected chi connectivity index (χ0v) is 16.5. The number of amides is 1. The van der Waals surface area contributed by atoms with Gasteiger partial charge in [0.15, 0.2) is 0 Å². The molecule has 0 aromatic heterocycles. The summed E-state index contributed by atoms with van der Waals surface area (Å²) < 4.78 is 0. The Morgan fingerprint density at radius 2 is 1.85 bits per heavy atom. The summed E-state index contributed by atoms with van der Waals surface area (Å²) in [5.74, 6) is 0.221. The zero-order valence-electron chi connectivity index (χ0n) is 16.5. The Balaban J connectivity index is 1.78. The molecule has 1 aliphatic rings. The molecule has 1 saturated heterocycles. The number of hydrogen-bond donors (Lipinski definition) is 1. The molecule has 3 heteroatoms. The minimum Gasteiger partial charge on any atom is -0.352 e. The van der Waals surface area contributed by atoms with Gasteiger partial charge in [-0.05, 0) is 44.3 Å². The van der Waals surface area contributed by atoms with Crippen LogP contribution in [0.2, 0.25) is 0 Å². The second kappa shape index (κ2) is 12.7. The first-order chi connectivity index (χ1) is 12.8. The molecular weight excluding hydrogens is 320 g/mol. The summed E-state index contributed by atoms with van der Waals surface area (Å²) >= 11 is 0. The SMILES string of the molecule is CCCCCCCC(=O)NC(C/C=C/c1ccccc1)CN1CCCC1. The Kier molecular flexibility index (Phi) is 10.1. The van der Waals surface area contributed by atoms with Crippen LogP contribution in [0.3, 0.4) is 0 Å². The number of nitrogens with one attached hydrogen (secondary N) is 1. The van der Waals surface area contributed by atoms with Crippen molar-refractivity contribution in [2.24, 2.45) is 0 Å². The molecule has 1 aliphatic heterocycles. The van der Waals surface area contributed by atoms with Crippen LogP contribution < -0.4 is 5.32 Å². The van der Waals surface area contributed by atoms with Crippen LogP contribution >= 0.6 is 0 Å². The smallest absolute Gasteiger partial charge is 0.220 e. The first kappa shape index (κ1) is 20.7. The van der Waals surface area contributed by atoms with Gasteiger partial charge in [0.1, 0.15) is 0 Å². The van der Waals surface area contributed by atoms with Crippen LogP contribution in [0.15, 0.2) is 36.4 Å². The molecule has 1 fully saturated rings. The van der Waals surface area contributed by atoms with E-state index in [2.05, 4.69) is 53.6 Å². The number of unbranched alkanes of at least 4 members (excludes halogenated alkanes) is 4. The summed E-state index contributed by atoms with van der Waals surface area (Å²) in [5.41, 5.74) is 1.22. The van der Waals surface area contributed by atoms with Gasteiger partial charge in [0.2, 0.25) is 5.91 Å². The maximum absolute atomic E-state index is 12.3. The van der Waals surface area contributed by atoms with Gasteiger partial charge in [0, 0.05) is 19.0 Å². The minimum atomic E-state index is 0.219. The number of rotatable bonds is 12. The van der Waals surface area contributed by atoms with Crippen LogP contribution in [0.25, 0.3) is 6.08 Å². The van der Waals surface area contributed by atoms with Crippen LogP contribution in [0.1, 0.15) is 70.3 Å². The summed E-state index contributed by atoms with van der Waals surface area (Å²) in [6.07, 6.45) is 14.5. The Morgan fingerprint density at radius 3 is 2.58 bits per heavy atom. The lowest BCUT2D eigenvalue weighted by molar-refractivity contribution is -0.122. The maximum Gasteiger partial charge on any atom is 0.220 e. The molecule has 1 amide bonds. The van der Waals surface area contributed by atoms with Crippen molar-refractivity contribution in [3.05, 3.63) is 42.0 Å². The van der Waals surface area contributed by atoms with Crippen molar-refractivity contribution >= 4 is 12.0 Å². The summed E-state index contributed by atoms with van der Waals surface area (Å²) in [6.45, 7) is 5.54. The van der Waals surface area contributed by atoms with Gasteiger partial charge in [0.05, 0.1) is 0 Å². The normalized spacial score (nSPS) is 16.2. The number of carbonyl (C=O) groups is 1. The fraction of sp³-hybridized carbons (Fsp3) is 0.609. The Labute approximate surface area is 159 Å². The predicted octanol–water partition coefficient (Wildman–Crippen LogP) is 5.03. The van der Waals surface area contributed by atoms with Crippen molar-refractivity contribution < 1.29 is 4.79 Å². The number of likely N-dealkylation sites (tertiary alicyclic amines) is 1. The molecule has 1 N–H and O–H groups in total. The highest BCUT2D eigenvalue weighted by molar-refractivity contribution is 5.76. The fourth-order valence-corrected chi connectivity index (χ4v) is 3.58.